The van der Waals surface area contributed by atoms with Crippen LogP contribution in [0.5, 0.6) is 0 Å². The Kier molecular flexibility index (Phi) is 4.72. The van der Waals surface area contributed by atoms with Gasteiger partial charge in [-0.3, -0.25) is 14.6 Å². The van der Waals surface area contributed by atoms with E-state index in [0.29, 0.717) is 0 Å². The van der Waals surface area contributed by atoms with Gasteiger partial charge in [0, 0.05) is 12.1 Å². The Morgan fingerprint density at radius 1 is 1.17 bits per heavy atom. The molecule has 29 heavy (non-hydrogen) atoms. The van der Waals surface area contributed by atoms with Crippen LogP contribution in [0.15, 0.2) is 23.2 Å². The van der Waals surface area contributed by atoms with Crippen LogP contribution in [0.4, 0.5) is 5.69 Å². The van der Waals surface area contributed by atoms with E-state index >= 15 is 0 Å². The summed E-state index contributed by atoms with van der Waals surface area (Å²) in [7, 11) is 0. The molecule has 2 amide bonds. The lowest BCUT2D eigenvalue weighted by atomic mass is 9.53. The van der Waals surface area contributed by atoms with E-state index in [4.69, 9.17) is 4.99 Å². The third-order valence-electron chi connectivity index (χ3n) is 7.15. The maximum Gasteiger partial charge on any atom is 0.240 e. The van der Waals surface area contributed by atoms with E-state index in [1.807, 2.05) is 32.0 Å². The SMILES string of the molecule is Cc1ccc(NC(=O)CC2SC(=NC34CC5CC(CC(C5)C3)C4)NC2=O)c(C)c1. The van der Waals surface area contributed by atoms with Crippen LogP contribution >= 0.6 is 11.8 Å². The molecule has 1 aromatic rings. The predicted molar refractivity (Wildman–Crippen MR) is 117 cm³/mol. The lowest BCUT2D eigenvalue weighted by Gasteiger charge is -2.55. The molecule has 154 valence electrons. The van der Waals surface area contributed by atoms with Gasteiger partial charge in [-0.05, 0) is 81.8 Å². The standard InChI is InChI=1S/C23H29N3O2S/c1-13-3-4-18(14(2)5-13)24-20(27)9-19-21(28)25-22(29-19)26-23-10-15-6-16(11-23)8-17(7-15)12-23/h3-5,15-17,19H,6-12H2,1-2H3,(H,24,27)(H,25,26,28). The maximum absolute atomic E-state index is 12.5. The van der Waals surface area contributed by atoms with Gasteiger partial charge >= 0.3 is 0 Å². The van der Waals surface area contributed by atoms with Crippen LogP contribution in [0.25, 0.3) is 0 Å². The van der Waals surface area contributed by atoms with Crippen molar-refractivity contribution in [2.45, 2.75) is 69.6 Å². The van der Waals surface area contributed by atoms with E-state index in [1.165, 1.54) is 50.3 Å². The third kappa shape index (κ3) is 3.83. The number of rotatable bonds is 4. The van der Waals surface area contributed by atoms with Crippen LogP contribution in [0.1, 0.15) is 56.1 Å². The minimum atomic E-state index is -0.395. The second-order valence-corrected chi connectivity index (χ2v) is 10.9. The number of benzene rings is 1. The Balaban J connectivity index is 1.24. The number of aliphatic imine (C=N–C) groups is 1. The summed E-state index contributed by atoms with van der Waals surface area (Å²) in [6, 6.07) is 5.95. The zero-order chi connectivity index (χ0) is 20.2. The molecule has 5 nitrogen and oxygen atoms in total. The molecular weight excluding hydrogens is 382 g/mol. The van der Waals surface area contributed by atoms with Crippen LogP contribution in [0.3, 0.4) is 0 Å². The molecule has 2 N–H and O–H groups in total. The summed E-state index contributed by atoms with van der Waals surface area (Å²) in [4.78, 5) is 30.1. The molecule has 4 bridgehead atoms. The first-order chi connectivity index (χ1) is 13.9. The summed E-state index contributed by atoms with van der Waals surface area (Å²) < 4.78 is 0. The van der Waals surface area contributed by atoms with Crippen molar-refractivity contribution < 1.29 is 9.59 Å². The molecule has 1 heterocycles. The van der Waals surface area contributed by atoms with Gasteiger partial charge in [-0.1, -0.05) is 29.5 Å². The Labute approximate surface area is 176 Å². The molecular formula is C23H29N3O2S. The van der Waals surface area contributed by atoms with Crippen molar-refractivity contribution in [2.24, 2.45) is 22.7 Å². The first kappa shape index (κ1) is 19.2. The van der Waals surface area contributed by atoms with Crippen LogP contribution in [-0.4, -0.2) is 27.8 Å². The van der Waals surface area contributed by atoms with Gasteiger partial charge in [-0.15, -0.1) is 0 Å². The number of aryl methyl sites for hydroxylation is 2. The van der Waals surface area contributed by atoms with E-state index in [1.54, 1.807) is 0 Å². The van der Waals surface area contributed by atoms with Crippen molar-refractivity contribution in [1.29, 1.82) is 0 Å². The second-order valence-electron chi connectivity index (χ2n) is 9.73. The summed E-state index contributed by atoms with van der Waals surface area (Å²) >= 11 is 1.44. The largest absolute Gasteiger partial charge is 0.326 e. The molecule has 1 atom stereocenters. The van der Waals surface area contributed by atoms with Gasteiger partial charge in [0.15, 0.2) is 5.17 Å². The molecule has 6 heteroatoms. The maximum atomic E-state index is 12.5. The van der Waals surface area contributed by atoms with Gasteiger partial charge < -0.3 is 10.6 Å². The fourth-order valence-electron chi connectivity index (χ4n) is 6.33. The number of amides is 2. The quantitative estimate of drug-likeness (QED) is 0.780. The van der Waals surface area contributed by atoms with Crippen molar-refractivity contribution in [3.63, 3.8) is 0 Å². The van der Waals surface area contributed by atoms with Crippen LogP contribution in [-0.2, 0) is 9.59 Å². The Morgan fingerprint density at radius 2 is 1.83 bits per heavy atom. The molecule has 5 fully saturated rings. The van der Waals surface area contributed by atoms with E-state index in [0.717, 1.165) is 39.7 Å². The fraction of sp³-hybridized carbons (Fsp3) is 0.609. The molecule has 1 unspecified atom stereocenters. The van der Waals surface area contributed by atoms with E-state index in [9.17, 15) is 9.59 Å². The number of nitrogens with one attached hydrogen (secondary N) is 2. The van der Waals surface area contributed by atoms with E-state index < -0.39 is 5.25 Å². The van der Waals surface area contributed by atoms with Gasteiger partial charge in [0.05, 0.1) is 5.54 Å². The van der Waals surface area contributed by atoms with Crippen LogP contribution < -0.4 is 10.6 Å². The van der Waals surface area contributed by atoms with Crippen molar-refractivity contribution in [2.75, 3.05) is 5.32 Å². The molecule has 1 aliphatic heterocycles. The van der Waals surface area contributed by atoms with Gasteiger partial charge in [-0.25, -0.2) is 0 Å². The highest BCUT2D eigenvalue weighted by Gasteiger charge is 2.51. The number of anilines is 1. The molecule has 0 radical (unpaired) electrons. The van der Waals surface area contributed by atoms with Gasteiger partial charge in [-0.2, -0.15) is 0 Å². The summed E-state index contributed by atoms with van der Waals surface area (Å²) in [6.07, 6.45) is 7.84. The minimum absolute atomic E-state index is 0.0422. The number of carbonyl (C=O) groups is 2. The molecule has 0 spiro atoms. The second kappa shape index (κ2) is 7.15. The first-order valence-electron chi connectivity index (χ1n) is 10.8. The van der Waals surface area contributed by atoms with Crippen molar-refractivity contribution in [1.82, 2.24) is 5.32 Å². The summed E-state index contributed by atoms with van der Waals surface area (Å²) in [6.45, 7) is 4.01. The first-order valence-corrected chi connectivity index (χ1v) is 11.7. The molecule has 4 saturated carbocycles. The van der Waals surface area contributed by atoms with Gasteiger partial charge in [0.1, 0.15) is 5.25 Å². The van der Waals surface area contributed by atoms with Crippen LogP contribution in [0.2, 0.25) is 0 Å². The highest BCUT2D eigenvalue weighted by molar-refractivity contribution is 8.15. The summed E-state index contributed by atoms with van der Waals surface area (Å²) in [5, 5.41) is 6.26. The zero-order valence-electron chi connectivity index (χ0n) is 17.2. The average Bonchev–Trinajstić information content (AvgIpc) is 2.94. The van der Waals surface area contributed by atoms with Crippen molar-refractivity contribution in [3.8, 4) is 0 Å². The molecule has 4 aliphatic carbocycles. The lowest BCUT2D eigenvalue weighted by molar-refractivity contribution is -0.122. The summed E-state index contributed by atoms with van der Waals surface area (Å²) in [5.41, 5.74) is 3.05. The Hall–Kier alpha value is -1.82. The molecule has 1 aromatic carbocycles. The predicted octanol–water partition coefficient (Wildman–Crippen LogP) is 4.19. The smallest absolute Gasteiger partial charge is 0.240 e. The Bertz CT molecular complexity index is 859. The fourth-order valence-corrected chi connectivity index (χ4v) is 7.41. The zero-order valence-corrected chi connectivity index (χ0v) is 18.0. The van der Waals surface area contributed by atoms with Crippen LogP contribution in [0, 0.1) is 31.6 Å². The normalized spacial score (nSPS) is 36.5. The van der Waals surface area contributed by atoms with Gasteiger partial charge in [0.2, 0.25) is 11.8 Å². The van der Waals surface area contributed by atoms with Crippen molar-refractivity contribution >= 4 is 34.4 Å². The summed E-state index contributed by atoms with van der Waals surface area (Å²) in [5.74, 6) is 2.26. The molecule has 0 aromatic heterocycles. The third-order valence-corrected chi connectivity index (χ3v) is 8.23. The van der Waals surface area contributed by atoms with E-state index in [2.05, 4.69) is 10.6 Å². The molecule has 6 rings (SSSR count). The number of carbonyl (C=O) groups excluding carboxylic acids is 2. The van der Waals surface area contributed by atoms with Crippen molar-refractivity contribution in [3.05, 3.63) is 29.3 Å². The highest BCUT2D eigenvalue weighted by atomic mass is 32.2. The average molecular weight is 412 g/mol. The molecule has 5 aliphatic rings. The van der Waals surface area contributed by atoms with Gasteiger partial charge in [0.25, 0.3) is 0 Å². The Morgan fingerprint density at radius 3 is 2.45 bits per heavy atom. The number of hydrogen-bond acceptors (Lipinski definition) is 4. The number of amidine groups is 1. The number of nitrogens with zero attached hydrogens (tertiary/aromatic N) is 1. The van der Waals surface area contributed by atoms with E-state index in [-0.39, 0.29) is 23.8 Å². The minimum Gasteiger partial charge on any atom is -0.326 e. The molecule has 1 saturated heterocycles. The number of thioether (sulfide) groups is 1. The lowest BCUT2D eigenvalue weighted by Crippen LogP contribution is -2.50. The monoisotopic (exact) mass is 411 g/mol. The highest BCUT2D eigenvalue weighted by Crippen LogP contribution is 2.57. The topological polar surface area (TPSA) is 70.6 Å². The number of hydrogen-bond donors (Lipinski definition) is 2.